The van der Waals surface area contributed by atoms with E-state index in [1.807, 2.05) is 0 Å². The molecular weight excluding hydrogens is 348 g/mol. The molecule has 0 aliphatic rings. The Morgan fingerprint density at radius 2 is 1.58 bits per heavy atom. The third-order valence-electron chi connectivity index (χ3n) is 3.00. The molecule has 2 aromatic rings. The molecule has 12 nitrogen and oxygen atoms in total. The highest BCUT2D eigenvalue weighted by Gasteiger charge is 2.10. The van der Waals surface area contributed by atoms with E-state index in [0.29, 0.717) is 0 Å². The number of non-ortho nitro benzene ring substituents is 2. The van der Waals surface area contributed by atoms with E-state index in [0.717, 1.165) is 18.2 Å². The van der Waals surface area contributed by atoms with E-state index >= 15 is 0 Å². The maximum Gasteiger partial charge on any atom is 0.273 e. The molecule has 0 fully saturated rings. The minimum Gasteiger partial charge on any atom is -0.505 e. The number of nitrogens with zero attached hydrogens (tertiary/aromatic N) is 5. The molecule has 2 rings (SSSR count). The van der Waals surface area contributed by atoms with Crippen LogP contribution in [0.15, 0.2) is 51.7 Å². The van der Waals surface area contributed by atoms with Gasteiger partial charge in [-0.3, -0.25) is 25.7 Å². The van der Waals surface area contributed by atoms with Crippen LogP contribution in [0.25, 0.3) is 0 Å². The maximum absolute atomic E-state index is 10.6. The van der Waals surface area contributed by atoms with Crippen LogP contribution in [0.5, 0.6) is 11.5 Å². The second kappa shape index (κ2) is 7.65. The summed E-state index contributed by atoms with van der Waals surface area (Å²) in [5, 5.41) is 51.8. The van der Waals surface area contributed by atoms with E-state index < -0.39 is 15.6 Å². The number of rotatable bonds is 5. The van der Waals surface area contributed by atoms with Crippen molar-refractivity contribution in [1.82, 2.24) is 0 Å². The Bertz CT molecular complexity index is 926. The molecule has 134 valence electrons. The predicted octanol–water partition coefficient (Wildman–Crippen LogP) is 3.44. The molecule has 0 amide bonds. The second-order valence-electron chi connectivity index (χ2n) is 4.86. The van der Waals surface area contributed by atoms with E-state index in [-0.39, 0.29) is 34.3 Å². The van der Waals surface area contributed by atoms with Crippen molar-refractivity contribution in [2.24, 2.45) is 15.3 Å². The number of nitrogens with one attached hydrogen (secondary N) is 1. The Kier molecular flexibility index (Phi) is 5.37. The summed E-state index contributed by atoms with van der Waals surface area (Å²) >= 11 is 0. The lowest BCUT2D eigenvalue weighted by atomic mass is 10.2. The topological polar surface area (TPSA) is 176 Å². The SMILES string of the molecule is CC(N=Nc1ccc([N+](=O)[O-])cc1O)=NNc1ccc([N+](=O)[O-])cc1O. The third kappa shape index (κ3) is 4.47. The number of amidine groups is 1. The van der Waals surface area contributed by atoms with Crippen LogP contribution in [0, 0.1) is 20.2 Å². The van der Waals surface area contributed by atoms with E-state index in [1.165, 1.54) is 25.1 Å². The number of hydrogen-bond acceptors (Lipinski definition) is 9. The van der Waals surface area contributed by atoms with Crippen molar-refractivity contribution in [2.45, 2.75) is 6.92 Å². The van der Waals surface area contributed by atoms with Gasteiger partial charge in [-0.15, -0.1) is 10.2 Å². The number of aromatic hydroxyl groups is 2. The van der Waals surface area contributed by atoms with E-state index in [9.17, 15) is 30.4 Å². The fraction of sp³-hybridized carbons (Fsp3) is 0.0714. The summed E-state index contributed by atoms with van der Waals surface area (Å²) in [6.07, 6.45) is 0. The Hall–Kier alpha value is -4.09. The summed E-state index contributed by atoms with van der Waals surface area (Å²) < 4.78 is 0. The van der Waals surface area contributed by atoms with Crippen LogP contribution >= 0.6 is 0 Å². The first-order chi connectivity index (χ1) is 12.3. The van der Waals surface area contributed by atoms with Crippen molar-refractivity contribution < 1.29 is 20.1 Å². The van der Waals surface area contributed by atoms with Gasteiger partial charge < -0.3 is 10.2 Å². The second-order valence-corrected chi connectivity index (χ2v) is 4.86. The van der Waals surface area contributed by atoms with Gasteiger partial charge in [0.05, 0.1) is 27.7 Å². The zero-order chi connectivity index (χ0) is 19.3. The summed E-state index contributed by atoms with van der Waals surface area (Å²) in [6.45, 7) is 1.46. The van der Waals surface area contributed by atoms with Crippen LogP contribution in [0.1, 0.15) is 6.92 Å². The molecule has 0 unspecified atom stereocenters. The summed E-state index contributed by atoms with van der Waals surface area (Å²) in [4.78, 5) is 19.9. The Balaban J connectivity index is 2.10. The minimum absolute atomic E-state index is 0.00309. The van der Waals surface area contributed by atoms with Gasteiger partial charge in [-0.25, -0.2) is 0 Å². The van der Waals surface area contributed by atoms with Crippen molar-refractivity contribution >= 4 is 28.6 Å². The van der Waals surface area contributed by atoms with Gasteiger partial charge in [-0.05, 0) is 19.1 Å². The predicted molar refractivity (Wildman–Crippen MR) is 90.8 cm³/mol. The fourth-order valence-electron chi connectivity index (χ4n) is 1.73. The zero-order valence-electron chi connectivity index (χ0n) is 13.2. The third-order valence-corrected chi connectivity index (χ3v) is 3.00. The standard InChI is InChI=1S/C14H12N6O6/c1-8(15-17-11-4-2-9(19(23)24)6-13(11)21)16-18-12-5-3-10(20(25)26)7-14(12)22/h2-7,17,21-22H,1H3. The first-order valence-corrected chi connectivity index (χ1v) is 6.95. The van der Waals surface area contributed by atoms with Gasteiger partial charge >= 0.3 is 0 Å². The lowest BCUT2D eigenvalue weighted by Gasteiger charge is -2.03. The van der Waals surface area contributed by atoms with Crippen molar-refractivity contribution in [1.29, 1.82) is 0 Å². The summed E-state index contributed by atoms with van der Waals surface area (Å²) in [6, 6.07) is 6.73. The molecule has 0 heterocycles. The number of hydrazone groups is 1. The molecular formula is C14H12N6O6. The molecule has 0 aliphatic carbocycles. The lowest BCUT2D eigenvalue weighted by molar-refractivity contribution is -0.385. The van der Waals surface area contributed by atoms with Gasteiger partial charge in [0, 0.05) is 12.1 Å². The first-order valence-electron chi connectivity index (χ1n) is 6.95. The molecule has 0 radical (unpaired) electrons. The monoisotopic (exact) mass is 360 g/mol. The van der Waals surface area contributed by atoms with Gasteiger partial charge in [0.1, 0.15) is 17.2 Å². The molecule has 0 aliphatic heterocycles. The number of hydrogen-bond donors (Lipinski definition) is 3. The van der Waals surface area contributed by atoms with Crippen molar-refractivity contribution in [3.63, 3.8) is 0 Å². The van der Waals surface area contributed by atoms with E-state index in [1.54, 1.807) is 0 Å². The van der Waals surface area contributed by atoms with Gasteiger partial charge in [0.2, 0.25) is 0 Å². The molecule has 0 saturated heterocycles. The highest BCUT2D eigenvalue weighted by molar-refractivity contribution is 5.81. The van der Waals surface area contributed by atoms with Crippen molar-refractivity contribution in [3.8, 4) is 11.5 Å². The zero-order valence-corrected chi connectivity index (χ0v) is 13.2. The summed E-state index contributed by atoms with van der Waals surface area (Å²) in [7, 11) is 0. The van der Waals surface area contributed by atoms with Crippen LogP contribution in [0.2, 0.25) is 0 Å². The molecule has 2 aromatic carbocycles. The largest absolute Gasteiger partial charge is 0.505 e. The number of benzene rings is 2. The van der Waals surface area contributed by atoms with Crippen LogP contribution < -0.4 is 5.43 Å². The quantitative estimate of drug-likeness (QED) is 0.182. The van der Waals surface area contributed by atoms with Crippen LogP contribution in [0.4, 0.5) is 22.7 Å². The van der Waals surface area contributed by atoms with Crippen molar-refractivity contribution in [3.05, 3.63) is 56.6 Å². The first kappa shape index (κ1) is 18.3. The lowest BCUT2D eigenvalue weighted by Crippen LogP contribution is -1.95. The highest BCUT2D eigenvalue weighted by atomic mass is 16.6. The summed E-state index contributed by atoms with van der Waals surface area (Å²) in [5.41, 5.74) is 2.02. The molecule has 0 bridgehead atoms. The Morgan fingerprint density at radius 3 is 2.12 bits per heavy atom. The molecule has 0 saturated carbocycles. The van der Waals surface area contributed by atoms with E-state index in [4.69, 9.17) is 0 Å². The van der Waals surface area contributed by atoms with Gasteiger partial charge in [-0.1, -0.05) is 0 Å². The number of phenols is 2. The molecule has 0 spiro atoms. The maximum atomic E-state index is 10.6. The number of phenolic OH excluding ortho intramolecular Hbond substituents is 2. The number of nitro benzene ring substituents is 2. The fourth-order valence-corrected chi connectivity index (χ4v) is 1.73. The van der Waals surface area contributed by atoms with Crippen LogP contribution in [0.3, 0.4) is 0 Å². The van der Waals surface area contributed by atoms with Gasteiger partial charge in [0.25, 0.3) is 11.4 Å². The average molecular weight is 360 g/mol. The van der Waals surface area contributed by atoms with Crippen molar-refractivity contribution in [2.75, 3.05) is 5.43 Å². The highest BCUT2D eigenvalue weighted by Crippen LogP contribution is 2.30. The minimum atomic E-state index is -0.659. The Labute approximate surface area is 145 Å². The molecule has 3 N–H and O–H groups in total. The number of azo groups is 1. The molecule has 0 atom stereocenters. The molecule has 26 heavy (non-hydrogen) atoms. The smallest absolute Gasteiger partial charge is 0.273 e. The van der Waals surface area contributed by atoms with Gasteiger partial charge in [-0.2, -0.15) is 5.10 Å². The van der Waals surface area contributed by atoms with E-state index in [2.05, 4.69) is 20.8 Å². The number of anilines is 1. The molecule has 0 aromatic heterocycles. The summed E-state index contributed by atoms with van der Waals surface area (Å²) in [5.74, 6) is -0.696. The normalized spacial score (nSPS) is 11.5. The van der Waals surface area contributed by atoms with Crippen LogP contribution in [-0.4, -0.2) is 25.9 Å². The average Bonchev–Trinajstić information content (AvgIpc) is 2.59. The number of nitro groups is 2. The Morgan fingerprint density at radius 1 is 1.00 bits per heavy atom. The molecule has 12 heteroatoms. The van der Waals surface area contributed by atoms with Crippen LogP contribution in [-0.2, 0) is 0 Å². The van der Waals surface area contributed by atoms with Gasteiger partial charge in [0.15, 0.2) is 5.84 Å².